The molecular formula is C15H8N4. The van der Waals surface area contributed by atoms with Gasteiger partial charge in [-0.25, -0.2) is 0 Å². The maximum Gasteiger partial charge on any atom is 0.152 e. The Kier molecular flexibility index (Phi) is 5.11. The molecule has 0 N–H and O–H groups in total. The van der Waals surface area contributed by atoms with Crippen LogP contribution in [0.4, 0.5) is 0 Å². The van der Waals surface area contributed by atoms with E-state index in [1.165, 1.54) is 12.2 Å². The third-order valence-electron chi connectivity index (χ3n) is 2.27. The van der Waals surface area contributed by atoms with Crippen molar-refractivity contribution >= 4 is 5.57 Å². The first-order chi connectivity index (χ1) is 9.24. The second-order valence-electron chi connectivity index (χ2n) is 3.51. The van der Waals surface area contributed by atoms with E-state index in [4.69, 9.17) is 21.0 Å². The molecule has 0 saturated heterocycles. The van der Waals surface area contributed by atoms with Gasteiger partial charge >= 0.3 is 0 Å². The zero-order chi connectivity index (χ0) is 14.1. The average molecular weight is 244 g/mol. The lowest BCUT2D eigenvalue weighted by Gasteiger charge is -2.03. The molecule has 1 rings (SSSR count). The molecule has 0 aromatic heterocycles. The third kappa shape index (κ3) is 3.86. The summed E-state index contributed by atoms with van der Waals surface area (Å²) in [6.45, 7) is 0. The van der Waals surface area contributed by atoms with E-state index in [1.54, 1.807) is 36.4 Å². The zero-order valence-electron chi connectivity index (χ0n) is 9.91. The molecule has 19 heavy (non-hydrogen) atoms. The zero-order valence-corrected chi connectivity index (χ0v) is 9.91. The van der Waals surface area contributed by atoms with Crippen molar-refractivity contribution in [1.29, 1.82) is 21.0 Å². The molecule has 0 spiro atoms. The van der Waals surface area contributed by atoms with Gasteiger partial charge in [-0.1, -0.05) is 30.3 Å². The van der Waals surface area contributed by atoms with E-state index in [0.717, 1.165) is 5.56 Å². The third-order valence-corrected chi connectivity index (χ3v) is 2.27. The highest BCUT2D eigenvalue weighted by Crippen LogP contribution is 2.19. The summed E-state index contributed by atoms with van der Waals surface area (Å²) < 4.78 is 0. The smallest absolute Gasteiger partial charge is 0.152 e. The van der Waals surface area contributed by atoms with Crippen LogP contribution in [0.3, 0.4) is 0 Å². The minimum atomic E-state index is -0.926. The quantitative estimate of drug-likeness (QED) is 0.603. The summed E-state index contributed by atoms with van der Waals surface area (Å²) in [4.78, 5) is 0. The Bertz CT molecular complexity index is 640. The lowest BCUT2D eigenvalue weighted by molar-refractivity contribution is 1.09. The molecule has 0 saturated carbocycles. The number of hydrogen-bond acceptors (Lipinski definition) is 4. The summed E-state index contributed by atoms with van der Waals surface area (Å²) in [7, 11) is 0. The number of benzene rings is 1. The van der Waals surface area contributed by atoms with Crippen molar-refractivity contribution in [3.63, 3.8) is 0 Å². The summed E-state index contributed by atoms with van der Waals surface area (Å²) in [5.74, 6) is -0.926. The number of allylic oxidation sites excluding steroid dienone is 4. The van der Waals surface area contributed by atoms with E-state index in [9.17, 15) is 0 Å². The van der Waals surface area contributed by atoms with Crippen LogP contribution in [0.2, 0.25) is 0 Å². The molecule has 0 amide bonds. The normalized spacial score (nSPS) is 9.63. The molecule has 0 aliphatic rings. The summed E-state index contributed by atoms with van der Waals surface area (Å²) in [5.41, 5.74) is 1.16. The van der Waals surface area contributed by atoms with Crippen LogP contribution in [0.1, 0.15) is 5.56 Å². The summed E-state index contributed by atoms with van der Waals surface area (Å²) in [6.07, 6.45) is 2.81. The van der Waals surface area contributed by atoms with Gasteiger partial charge in [0.2, 0.25) is 0 Å². The second-order valence-corrected chi connectivity index (χ2v) is 3.51. The molecule has 4 heteroatoms. The number of rotatable bonds is 3. The molecule has 1 aromatic carbocycles. The van der Waals surface area contributed by atoms with Gasteiger partial charge in [-0.15, -0.1) is 0 Å². The van der Waals surface area contributed by atoms with Crippen molar-refractivity contribution < 1.29 is 0 Å². The predicted octanol–water partition coefficient (Wildman–Crippen LogP) is 2.71. The predicted molar refractivity (Wildman–Crippen MR) is 68.4 cm³/mol. The Morgan fingerprint density at radius 3 is 2.00 bits per heavy atom. The Hall–Kier alpha value is -3.34. The molecular weight excluding hydrogens is 236 g/mol. The highest BCUT2D eigenvalue weighted by Gasteiger charge is 2.06. The Labute approximate surface area is 111 Å². The molecule has 4 nitrogen and oxygen atoms in total. The molecule has 0 unspecified atom stereocenters. The molecule has 0 heterocycles. The molecule has 0 aliphatic carbocycles. The summed E-state index contributed by atoms with van der Waals surface area (Å²) >= 11 is 0. The minimum absolute atomic E-state index is 0.0790. The highest BCUT2D eigenvalue weighted by molar-refractivity contribution is 5.77. The number of hydrogen-bond donors (Lipinski definition) is 0. The Balaban J connectivity index is 3.35. The van der Waals surface area contributed by atoms with E-state index in [0.29, 0.717) is 5.57 Å². The van der Waals surface area contributed by atoms with Crippen LogP contribution >= 0.6 is 0 Å². The van der Waals surface area contributed by atoms with Crippen LogP contribution < -0.4 is 0 Å². The highest BCUT2D eigenvalue weighted by atomic mass is 14.3. The lowest BCUT2D eigenvalue weighted by Crippen LogP contribution is -1.91. The lowest BCUT2D eigenvalue weighted by atomic mass is 9.99. The summed E-state index contributed by atoms with van der Waals surface area (Å²) in [5, 5.41) is 35.1. The molecule has 0 fully saturated rings. The fraction of sp³-hybridized carbons (Fsp3) is 0.0667. The van der Waals surface area contributed by atoms with Gasteiger partial charge in [-0.05, 0) is 23.3 Å². The summed E-state index contributed by atoms with van der Waals surface area (Å²) in [6, 6.07) is 16.1. The van der Waals surface area contributed by atoms with Crippen LogP contribution in [0.25, 0.3) is 5.57 Å². The first-order valence-corrected chi connectivity index (χ1v) is 5.33. The number of nitriles is 4. The van der Waals surface area contributed by atoms with Gasteiger partial charge in [0.05, 0.1) is 12.1 Å². The van der Waals surface area contributed by atoms with Crippen molar-refractivity contribution in [2.45, 2.75) is 0 Å². The van der Waals surface area contributed by atoms with Gasteiger partial charge in [0.15, 0.2) is 5.92 Å². The maximum absolute atomic E-state index is 8.80. The van der Waals surface area contributed by atoms with Crippen molar-refractivity contribution in [3.05, 3.63) is 53.6 Å². The second kappa shape index (κ2) is 7.08. The standard InChI is InChI=1S/C15H8N4/c16-8-12(9-17)6-15(7-13(10-18)11-19)14-4-2-1-3-5-14/h1-7,12H/b15-6-. The van der Waals surface area contributed by atoms with E-state index in [1.807, 2.05) is 18.2 Å². The number of nitrogens with zero attached hydrogens (tertiary/aromatic N) is 4. The molecule has 0 radical (unpaired) electrons. The first kappa shape index (κ1) is 13.7. The van der Waals surface area contributed by atoms with E-state index in [2.05, 4.69) is 0 Å². The van der Waals surface area contributed by atoms with Gasteiger partial charge in [0.1, 0.15) is 17.7 Å². The largest absolute Gasteiger partial charge is 0.197 e. The van der Waals surface area contributed by atoms with Crippen molar-refractivity contribution in [2.75, 3.05) is 0 Å². The van der Waals surface area contributed by atoms with E-state index in [-0.39, 0.29) is 5.57 Å². The van der Waals surface area contributed by atoms with Crippen LogP contribution in [0.5, 0.6) is 0 Å². The van der Waals surface area contributed by atoms with Crippen LogP contribution in [0.15, 0.2) is 48.1 Å². The van der Waals surface area contributed by atoms with Crippen molar-refractivity contribution in [1.82, 2.24) is 0 Å². The van der Waals surface area contributed by atoms with Gasteiger partial charge < -0.3 is 0 Å². The Morgan fingerprint density at radius 2 is 1.53 bits per heavy atom. The van der Waals surface area contributed by atoms with E-state index >= 15 is 0 Å². The monoisotopic (exact) mass is 244 g/mol. The fourth-order valence-electron chi connectivity index (χ4n) is 1.39. The van der Waals surface area contributed by atoms with Gasteiger partial charge in [0, 0.05) is 0 Å². The first-order valence-electron chi connectivity index (χ1n) is 5.33. The molecule has 0 bridgehead atoms. The average Bonchev–Trinajstić information content (AvgIpc) is 2.48. The molecule has 0 aliphatic heterocycles. The van der Waals surface area contributed by atoms with Gasteiger partial charge in [-0.3, -0.25) is 0 Å². The van der Waals surface area contributed by atoms with Crippen molar-refractivity contribution in [3.8, 4) is 24.3 Å². The fourth-order valence-corrected chi connectivity index (χ4v) is 1.39. The SMILES string of the molecule is N#CC(C#N)=C/C(=C/C(C#N)C#N)c1ccccc1. The molecule has 1 aromatic rings. The Morgan fingerprint density at radius 1 is 0.947 bits per heavy atom. The van der Waals surface area contributed by atoms with Crippen molar-refractivity contribution in [2.24, 2.45) is 5.92 Å². The minimum Gasteiger partial charge on any atom is -0.197 e. The molecule has 88 valence electrons. The van der Waals surface area contributed by atoms with E-state index < -0.39 is 5.92 Å². The van der Waals surface area contributed by atoms with Gasteiger partial charge in [0.25, 0.3) is 0 Å². The van der Waals surface area contributed by atoms with Crippen LogP contribution in [0, 0.1) is 51.2 Å². The molecule has 0 atom stereocenters. The van der Waals surface area contributed by atoms with Gasteiger partial charge in [-0.2, -0.15) is 21.0 Å². The maximum atomic E-state index is 8.80. The topological polar surface area (TPSA) is 95.2 Å². The van der Waals surface area contributed by atoms with Crippen LogP contribution in [-0.4, -0.2) is 0 Å². The van der Waals surface area contributed by atoms with Crippen LogP contribution in [-0.2, 0) is 0 Å².